The predicted molar refractivity (Wildman–Crippen MR) is 105 cm³/mol. The van der Waals surface area contributed by atoms with Crippen molar-refractivity contribution in [3.8, 4) is 5.75 Å². The van der Waals surface area contributed by atoms with Crippen molar-refractivity contribution in [2.45, 2.75) is 18.9 Å². The van der Waals surface area contributed by atoms with Crippen LogP contribution >= 0.6 is 0 Å². The van der Waals surface area contributed by atoms with Gasteiger partial charge in [0.25, 0.3) is 0 Å². The number of ether oxygens (including phenoxy) is 1. The highest BCUT2D eigenvalue weighted by Gasteiger charge is 2.19. The molecule has 0 saturated heterocycles. The molecule has 3 aromatic rings. The summed E-state index contributed by atoms with van der Waals surface area (Å²) in [7, 11) is 0. The van der Waals surface area contributed by atoms with Crippen LogP contribution in [0.15, 0.2) is 78.9 Å². The first-order valence-electron chi connectivity index (χ1n) is 8.91. The maximum absolute atomic E-state index is 11.4. The van der Waals surface area contributed by atoms with Crippen molar-refractivity contribution >= 4 is 11.9 Å². The average molecular weight is 376 g/mol. The van der Waals surface area contributed by atoms with Crippen LogP contribution in [0, 0.1) is 0 Å². The van der Waals surface area contributed by atoms with Crippen LogP contribution in [0.4, 0.5) is 0 Å². The van der Waals surface area contributed by atoms with Gasteiger partial charge in [-0.05, 0) is 42.2 Å². The van der Waals surface area contributed by atoms with Gasteiger partial charge in [0.05, 0.1) is 11.1 Å². The van der Waals surface area contributed by atoms with Crippen LogP contribution in [0.5, 0.6) is 5.75 Å². The number of benzene rings is 3. The molecule has 0 aliphatic heterocycles. The van der Waals surface area contributed by atoms with Crippen LogP contribution < -0.4 is 4.74 Å². The van der Waals surface area contributed by atoms with Gasteiger partial charge in [0, 0.05) is 0 Å². The molecule has 5 heteroatoms. The SMILES string of the molecule is O=C(O)c1ccc(OC(CCc2ccccc2)c2ccccc2)cc1C(=O)O. The van der Waals surface area contributed by atoms with Crippen molar-refractivity contribution < 1.29 is 24.5 Å². The van der Waals surface area contributed by atoms with Crippen molar-refractivity contribution in [1.29, 1.82) is 0 Å². The van der Waals surface area contributed by atoms with Gasteiger partial charge in [0.15, 0.2) is 0 Å². The number of carboxylic acid groups (broad SMARTS) is 2. The Kier molecular flexibility index (Phi) is 6.07. The van der Waals surface area contributed by atoms with Crippen molar-refractivity contribution in [3.05, 3.63) is 101 Å². The summed E-state index contributed by atoms with van der Waals surface area (Å²) in [5, 5.41) is 18.5. The second kappa shape index (κ2) is 8.86. The Morgan fingerprint density at radius 1 is 0.786 bits per heavy atom. The van der Waals surface area contributed by atoms with E-state index in [2.05, 4.69) is 0 Å². The van der Waals surface area contributed by atoms with E-state index in [4.69, 9.17) is 4.74 Å². The van der Waals surface area contributed by atoms with Gasteiger partial charge in [-0.15, -0.1) is 0 Å². The Morgan fingerprint density at radius 3 is 2.00 bits per heavy atom. The summed E-state index contributed by atoms with van der Waals surface area (Å²) < 4.78 is 6.09. The van der Waals surface area contributed by atoms with Crippen molar-refractivity contribution in [1.82, 2.24) is 0 Å². The van der Waals surface area contributed by atoms with Crippen LogP contribution in [-0.2, 0) is 6.42 Å². The lowest BCUT2D eigenvalue weighted by molar-refractivity contribution is 0.0650. The first kappa shape index (κ1) is 19.2. The largest absolute Gasteiger partial charge is 0.486 e. The molecule has 0 radical (unpaired) electrons. The fraction of sp³-hybridized carbons (Fsp3) is 0.130. The summed E-state index contributed by atoms with van der Waals surface area (Å²) in [6.07, 6.45) is 1.19. The Labute approximate surface area is 162 Å². The van der Waals surface area contributed by atoms with Crippen LogP contribution in [0.25, 0.3) is 0 Å². The quantitative estimate of drug-likeness (QED) is 0.588. The molecule has 0 bridgehead atoms. The smallest absolute Gasteiger partial charge is 0.336 e. The van der Waals surface area contributed by atoms with Gasteiger partial charge in [-0.25, -0.2) is 9.59 Å². The van der Waals surface area contributed by atoms with E-state index in [0.29, 0.717) is 12.2 Å². The highest BCUT2D eigenvalue weighted by atomic mass is 16.5. The number of hydrogen-bond donors (Lipinski definition) is 2. The normalized spacial score (nSPS) is 11.6. The van der Waals surface area contributed by atoms with Gasteiger partial charge >= 0.3 is 11.9 Å². The van der Waals surface area contributed by atoms with E-state index < -0.39 is 11.9 Å². The zero-order chi connectivity index (χ0) is 19.9. The summed E-state index contributed by atoms with van der Waals surface area (Å²) in [6.45, 7) is 0. The molecule has 0 aliphatic carbocycles. The predicted octanol–water partition coefficient (Wildman–Crippen LogP) is 4.84. The molecule has 0 spiro atoms. The number of carbonyl (C=O) groups is 2. The molecule has 1 atom stereocenters. The van der Waals surface area contributed by atoms with Crippen LogP contribution in [0.2, 0.25) is 0 Å². The molecule has 0 fully saturated rings. The van der Waals surface area contributed by atoms with Gasteiger partial charge in [-0.3, -0.25) is 0 Å². The maximum atomic E-state index is 11.4. The minimum absolute atomic E-state index is 0.264. The van der Waals surface area contributed by atoms with E-state index in [0.717, 1.165) is 12.0 Å². The minimum Gasteiger partial charge on any atom is -0.486 e. The van der Waals surface area contributed by atoms with Gasteiger partial charge in [-0.2, -0.15) is 0 Å². The molecule has 5 nitrogen and oxygen atoms in total. The number of hydrogen-bond acceptors (Lipinski definition) is 3. The Hall–Kier alpha value is -3.60. The molecule has 28 heavy (non-hydrogen) atoms. The van der Waals surface area contributed by atoms with E-state index in [-0.39, 0.29) is 17.2 Å². The fourth-order valence-corrected chi connectivity index (χ4v) is 3.03. The minimum atomic E-state index is -1.30. The molecule has 0 heterocycles. The van der Waals surface area contributed by atoms with E-state index in [1.54, 1.807) is 0 Å². The van der Waals surface area contributed by atoms with Crippen molar-refractivity contribution in [2.75, 3.05) is 0 Å². The summed E-state index contributed by atoms with van der Waals surface area (Å²) in [5.74, 6) is -2.26. The molecule has 0 amide bonds. The molecule has 3 aromatic carbocycles. The van der Waals surface area contributed by atoms with Crippen LogP contribution in [0.3, 0.4) is 0 Å². The van der Waals surface area contributed by atoms with E-state index in [9.17, 15) is 19.8 Å². The third-order valence-electron chi connectivity index (χ3n) is 4.44. The lowest BCUT2D eigenvalue weighted by Crippen LogP contribution is -2.12. The second-order valence-corrected chi connectivity index (χ2v) is 6.36. The van der Waals surface area contributed by atoms with Gasteiger partial charge < -0.3 is 14.9 Å². The molecule has 0 aliphatic rings. The number of aryl methyl sites for hydroxylation is 1. The van der Waals surface area contributed by atoms with E-state index in [1.807, 2.05) is 60.7 Å². The third kappa shape index (κ3) is 4.76. The molecule has 3 rings (SSSR count). The van der Waals surface area contributed by atoms with Crippen LogP contribution in [0.1, 0.15) is 44.4 Å². The molecule has 0 aromatic heterocycles. The highest BCUT2D eigenvalue weighted by Crippen LogP contribution is 2.28. The van der Waals surface area contributed by atoms with E-state index in [1.165, 1.54) is 23.8 Å². The fourth-order valence-electron chi connectivity index (χ4n) is 3.03. The first-order chi connectivity index (χ1) is 13.5. The second-order valence-electron chi connectivity index (χ2n) is 6.36. The molecular weight excluding hydrogens is 356 g/mol. The summed E-state index contributed by atoms with van der Waals surface area (Å²) in [4.78, 5) is 22.7. The third-order valence-corrected chi connectivity index (χ3v) is 4.44. The monoisotopic (exact) mass is 376 g/mol. The first-order valence-corrected chi connectivity index (χ1v) is 8.91. The molecular formula is C23H20O5. The van der Waals surface area contributed by atoms with Crippen molar-refractivity contribution in [2.24, 2.45) is 0 Å². The standard InChI is InChI=1S/C23H20O5/c24-22(25)19-13-12-18(15-20(19)23(26)27)28-21(17-9-5-2-6-10-17)14-11-16-7-3-1-4-8-16/h1-10,12-13,15,21H,11,14H2,(H,24,25)(H,26,27). The molecule has 2 N–H and O–H groups in total. The number of aromatic carboxylic acids is 2. The summed E-state index contributed by atoms with van der Waals surface area (Å²) in [6, 6.07) is 23.7. The Bertz CT molecular complexity index is 951. The number of rotatable bonds is 8. The lowest BCUT2D eigenvalue weighted by atomic mass is 10.0. The maximum Gasteiger partial charge on any atom is 0.336 e. The summed E-state index contributed by atoms with van der Waals surface area (Å²) >= 11 is 0. The molecule has 142 valence electrons. The van der Waals surface area contributed by atoms with Gasteiger partial charge in [-0.1, -0.05) is 60.7 Å². The van der Waals surface area contributed by atoms with Crippen molar-refractivity contribution in [3.63, 3.8) is 0 Å². The van der Waals surface area contributed by atoms with E-state index >= 15 is 0 Å². The Morgan fingerprint density at radius 2 is 1.39 bits per heavy atom. The highest BCUT2D eigenvalue weighted by molar-refractivity contribution is 6.02. The Balaban J connectivity index is 1.86. The topological polar surface area (TPSA) is 83.8 Å². The van der Waals surface area contributed by atoms with Gasteiger partial charge in [0.1, 0.15) is 11.9 Å². The average Bonchev–Trinajstić information content (AvgIpc) is 2.72. The van der Waals surface area contributed by atoms with Gasteiger partial charge in [0.2, 0.25) is 0 Å². The molecule has 1 unspecified atom stereocenters. The summed E-state index contributed by atoms with van der Waals surface area (Å²) in [5.41, 5.74) is 1.59. The zero-order valence-electron chi connectivity index (χ0n) is 15.1. The van der Waals surface area contributed by atoms with Crippen LogP contribution in [-0.4, -0.2) is 22.2 Å². The zero-order valence-corrected chi connectivity index (χ0v) is 15.1. The number of carboxylic acids is 2. The molecule has 0 saturated carbocycles. The lowest BCUT2D eigenvalue weighted by Gasteiger charge is -2.20.